The molecule has 0 aromatic heterocycles. The summed E-state index contributed by atoms with van der Waals surface area (Å²) in [5.41, 5.74) is 4.87. The summed E-state index contributed by atoms with van der Waals surface area (Å²) in [6.45, 7) is 3.90. The highest BCUT2D eigenvalue weighted by molar-refractivity contribution is 5.90. The number of guanidine groups is 1. The van der Waals surface area contributed by atoms with E-state index in [-0.39, 0.29) is 18.3 Å². The van der Waals surface area contributed by atoms with Crippen LogP contribution in [-0.4, -0.2) is 48.0 Å². The number of carboxylic acid groups (broad SMARTS) is 1. The molecule has 7 N–H and O–H groups in total. The quantitative estimate of drug-likeness (QED) is 0.170. The Balaban J connectivity index is 2.65. The fourth-order valence-electron chi connectivity index (χ4n) is 2.59. The third-order valence-electron chi connectivity index (χ3n) is 4.33. The second-order valence-corrected chi connectivity index (χ2v) is 7.51. The molecule has 9 nitrogen and oxygen atoms in total. The minimum absolute atomic E-state index is 0.0936. The molecule has 0 aliphatic heterocycles. The zero-order valence-electron chi connectivity index (χ0n) is 17.0. The summed E-state index contributed by atoms with van der Waals surface area (Å²) in [5.74, 6) is -1.98. The van der Waals surface area contributed by atoms with Crippen molar-refractivity contribution in [2.45, 2.75) is 45.6 Å². The molecule has 0 unspecified atom stereocenters. The van der Waals surface area contributed by atoms with Gasteiger partial charge in [0.15, 0.2) is 5.96 Å². The number of carbonyl (C=O) groups excluding carboxylic acids is 2. The number of benzene rings is 1. The van der Waals surface area contributed by atoms with Gasteiger partial charge in [0.2, 0.25) is 11.8 Å². The fraction of sp³-hybridized carbons (Fsp3) is 0.500. The maximum atomic E-state index is 12.6. The summed E-state index contributed by atoms with van der Waals surface area (Å²) in [6, 6.07) is 8.48. The van der Waals surface area contributed by atoms with Crippen LogP contribution < -0.4 is 21.7 Å². The van der Waals surface area contributed by atoms with Gasteiger partial charge in [0.1, 0.15) is 6.04 Å². The normalized spacial score (nSPS) is 11.9. The van der Waals surface area contributed by atoms with Crippen molar-refractivity contribution in [2.75, 3.05) is 13.1 Å². The molecule has 1 aromatic rings. The average Bonchev–Trinajstić information content (AvgIpc) is 2.63. The molecule has 0 aliphatic rings. The van der Waals surface area contributed by atoms with Crippen molar-refractivity contribution in [1.82, 2.24) is 16.0 Å². The molecule has 0 spiro atoms. The van der Waals surface area contributed by atoms with Crippen LogP contribution in [0.2, 0.25) is 0 Å². The first kappa shape index (κ1) is 23.9. The molecule has 1 aromatic carbocycles. The van der Waals surface area contributed by atoms with Crippen molar-refractivity contribution >= 4 is 23.7 Å². The van der Waals surface area contributed by atoms with E-state index in [0.29, 0.717) is 25.9 Å². The number of hydrogen-bond acceptors (Lipinski definition) is 4. The Morgan fingerprint density at radius 2 is 1.69 bits per heavy atom. The van der Waals surface area contributed by atoms with E-state index in [1.54, 1.807) is 0 Å². The predicted molar refractivity (Wildman–Crippen MR) is 110 cm³/mol. The molecule has 0 fully saturated rings. The summed E-state index contributed by atoms with van der Waals surface area (Å²) in [4.78, 5) is 36.2. The molecule has 1 atom stereocenters. The minimum atomic E-state index is -1.22. The third-order valence-corrected chi connectivity index (χ3v) is 4.33. The zero-order chi connectivity index (χ0) is 21.9. The van der Waals surface area contributed by atoms with Crippen molar-refractivity contribution < 1.29 is 19.5 Å². The van der Waals surface area contributed by atoms with Gasteiger partial charge in [-0.3, -0.25) is 19.8 Å². The van der Waals surface area contributed by atoms with Crippen molar-refractivity contribution in [2.24, 2.45) is 11.1 Å². The lowest BCUT2D eigenvalue weighted by Gasteiger charge is -2.22. The Bertz CT molecular complexity index is 706. The number of rotatable bonds is 12. The summed E-state index contributed by atoms with van der Waals surface area (Å²) in [7, 11) is 0. The third kappa shape index (κ3) is 9.59. The highest BCUT2D eigenvalue weighted by Gasteiger charge is 2.31. The van der Waals surface area contributed by atoms with Crippen LogP contribution in [0.5, 0.6) is 0 Å². The molecule has 0 saturated heterocycles. The summed E-state index contributed by atoms with van der Waals surface area (Å²) >= 11 is 0. The van der Waals surface area contributed by atoms with Gasteiger partial charge in [0, 0.05) is 25.9 Å². The van der Waals surface area contributed by atoms with Crippen LogP contribution >= 0.6 is 0 Å². The molecule has 0 aliphatic carbocycles. The first-order valence-electron chi connectivity index (χ1n) is 9.54. The van der Waals surface area contributed by atoms with Crippen LogP contribution in [0.3, 0.4) is 0 Å². The van der Waals surface area contributed by atoms with E-state index in [1.807, 2.05) is 30.3 Å². The molecule has 0 saturated carbocycles. The number of hydrogen-bond donors (Lipinski definition) is 6. The molecule has 160 valence electrons. The number of nitrogens with one attached hydrogen (secondary N) is 4. The lowest BCUT2D eigenvalue weighted by Crippen LogP contribution is -2.49. The van der Waals surface area contributed by atoms with Crippen molar-refractivity contribution in [3.05, 3.63) is 35.9 Å². The largest absolute Gasteiger partial charge is 0.481 e. The van der Waals surface area contributed by atoms with Gasteiger partial charge < -0.3 is 26.8 Å². The van der Waals surface area contributed by atoms with Crippen LogP contribution in [0.1, 0.15) is 38.7 Å². The first-order valence-corrected chi connectivity index (χ1v) is 9.54. The summed E-state index contributed by atoms with van der Waals surface area (Å²) in [5, 5.41) is 24.4. The number of nitrogens with two attached hydrogens (primary N) is 1. The zero-order valence-corrected chi connectivity index (χ0v) is 17.0. The Morgan fingerprint density at radius 1 is 1.10 bits per heavy atom. The highest BCUT2D eigenvalue weighted by Crippen LogP contribution is 2.20. The van der Waals surface area contributed by atoms with Gasteiger partial charge in [0.25, 0.3) is 0 Å². The topological polar surface area (TPSA) is 157 Å². The Kier molecular flexibility index (Phi) is 9.64. The number of unbranched alkanes of at least 4 members (excludes halogenated alkanes) is 1. The van der Waals surface area contributed by atoms with Crippen molar-refractivity contribution in [3.63, 3.8) is 0 Å². The smallest absolute Gasteiger partial charge is 0.309 e. The van der Waals surface area contributed by atoms with Gasteiger partial charge in [-0.15, -0.1) is 0 Å². The number of amides is 2. The number of carboxylic acids is 1. The molecule has 2 amide bonds. The summed E-state index contributed by atoms with van der Waals surface area (Å²) in [6.07, 6.45) is 1.49. The maximum absolute atomic E-state index is 12.6. The number of aliphatic carboxylic acids is 1. The van der Waals surface area contributed by atoms with Crippen LogP contribution in [-0.2, 0) is 20.8 Å². The molecule has 0 heterocycles. The Morgan fingerprint density at radius 3 is 2.24 bits per heavy atom. The SMILES string of the molecule is CC(C)(CC(=O)N[C@H](Cc1ccccc1)C(=O)NCCCCNC(=N)N)C(=O)O. The fourth-order valence-corrected chi connectivity index (χ4v) is 2.59. The second kappa shape index (κ2) is 11.7. The van der Waals surface area contributed by atoms with Crippen LogP contribution in [0, 0.1) is 10.8 Å². The van der Waals surface area contributed by atoms with Gasteiger partial charge in [0.05, 0.1) is 5.41 Å². The molecule has 0 radical (unpaired) electrons. The van der Waals surface area contributed by atoms with E-state index in [1.165, 1.54) is 13.8 Å². The van der Waals surface area contributed by atoms with E-state index >= 15 is 0 Å². The van der Waals surface area contributed by atoms with E-state index in [4.69, 9.17) is 11.1 Å². The predicted octanol–water partition coefficient (Wildman–Crippen LogP) is 0.594. The summed E-state index contributed by atoms with van der Waals surface area (Å²) < 4.78 is 0. The van der Waals surface area contributed by atoms with E-state index in [2.05, 4.69) is 16.0 Å². The van der Waals surface area contributed by atoms with Crippen molar-refractivity contribution in [1.29, 1.82) is 5.41 Å². The average molecular weight is 405 g/mol. The van der Waals surface area contributed by atoms with E-state index < -0.39 is 23.3 Å². The van der Waals surface area contributed by atoms with Crippen molar-refractivity contribution in [3.8, 4) is 0 Å². The molecule has 9 heteroatoms. The Hall–Kier alpha value is -3.10. The van der Waals surface area contributed by atoms with Gasteiger partial charge >= 0.3 is 5.97 Å². The van der Waals surface area contributed by atoms with Crippen LogP contribution in [0.25, 0.3) is 0 Å². The first-order chi connectivity index (χ1) is 13.6. The maximum Gasteiger partial charge on any atom is 0.309 e. The lowest BCUT2D eigenvalue weighted by molar-refractivity contribution is -0.149. The lowest BCUT2D eigenvalue weighted by atomic mass is 9.89. The Labute approximate surface area is 170 Å². The molecule has 1 rings (SSSR count). The standard InChI is InChI=1S/C20H31N5O4/c1-20(2,18(28)29)13-16(26)25-15(12-14-8-4-3-5-9-14)17(27)23-10-6-7-11-24-19(21)22/h3-5,8-9,15H,6-7,10-13H2,1-2H3,(H,23,27)(H,25,26)(H,28,29)(H4,21,22,24)/t15-/m1/s1. The van der Waals surface area contributed by atoms with Gasteiger partial charge in [-0.2, -0.15) is 0 Å². The van der Waals surface area contributed by atoms with Crippen LogP contribution in [0.15, 0.2) is 30.3 Å². The van der Waals surface area contributed by atoms with Gasteiger partial charge in [-0.25, -0.2) is 0 Å². The minimum Gasteiger partial charge on any atom is -0.481 e. The van der Waals surface area contributed by atoms with E-state index in [0.717, 1.165) is 12.0 Å². The second-order valence-electron chi connectivity index (χ2n) is 7.51. The highest BCUT2D eigenvalue weighted by atomic mass is 16.4. The monoisotopic (exact) mass is 405 g/mol. The number of carbonyl (C=O) groups is 3. The van der Waals surface area contributed by atoms with Crippen LogP contribution in [0.4, 0.5) is 0 Å². The van der Waals surface area contributed by atoms with E-state index in [9.17, 15) is 19.5 Å². The molecular formula is C20H31N5O4. The van der Waals surface area contributed by atoms with Gasteiger partial charge in [-0.1, -0.05) is 30.3 Å². The van der Waals surface area contributed by atoms with Gasteiger partial charge in [-0.05, 0) is 32.3 Å². The molecule has 29 heavy (non-hydrogen) atoms. The molecule has 0 bridgehead atoms. The molecular weight excluding hydrogens is 374 g/mol.